The number of nitrogens with two attached hydrogens (primary N) is 1. The first-order valence-corrected chi connectivity index (χ1v) is 13.0. The lowest BCUT2D eigenvalue weighted by atomic mass is 9.98. The van der Waals surface area contributed by atoms with Gasteiger partial charge in [0.2, 0.25) is 0 Å². The molecule has 0 atom stereocenters. The van der Waals surface area contributed by atoms with Crippen LogP contribution in [0.15, 0.2) is 47.3 Å². The van der Waals surface area contributed by atoms with Gasteiger partial charge < -0.3 is 25.3 Å². The number of aryl methyl sites for hydroxylation is 1. The van der Waals surface area contributed by atoms with Crippen molar-refractivity contribution in [1.29, 1.82) is 0 Å². The maximum Gasteiger partial charge on any atom is 0.410 e. The topological polar surface area (TPSA) is 133 Å². The molecule has 0 radical (unpaired) electrons. The number of benzene rings is 2. The standard InChI is InChI=1S/C29H31N7O3/c1-16-5-7-17(8-6-16)24-22-21(23-25(30)33-34-26(23)32-24)19-10-9-18(15-20(19)31-27(22)37)35-11-13-36(14-12-35)28(38)39-29(2,3)4/h5-10,15H,11-14H2,1-4H3,(H,31,37)(H3,30,32,33,34). The number of ether oxygens (including phenoxy) is 1. The molecule has 10 heteroatoms. The molecule has 1 aliphatic heterocycles. The van der Waals surface area contributed by atoms with Crippen LogP contribution < -0.4 is 16.2 Å². The molecule has 0 saturated carbocycles. The monoisotopic (exact) mass is 525 g/mol. The molecule has 2 aromatic carbocycles. The van der Waals surface area contributed by atoms with Gasteiger partial charge in [0.15, 0.2) is 11.5 Å². The zero-order valence-corrected chi connectivity index (χ0v) is 22.5. The highest BCUT2D eigenvalue weighted by molar-refractivity contribution is 6.23. The van der Waals surface area contributed by atoms with E-state index in [0.717, 1.165) is 27.6 Å². The Hall–Kier alpha value is -4.60. The van der Waals surface area contributed by atoms with Crippen LogP contribution in [0.3, 0.4) is 0 Å². The van der Waals surface area contributed by atoms with Gasteiger partial charge in [-0.2, -0.15) is 5.10 Å². The number of anilines is 2. The highest BCUT2D eigenvalue weighted by atomic mass is 16.6. The van der Waals surface area contributed by atoms with Gasteiger partial charge in [-0.1, -0.05) is 35.9 Å². The van der Waals surface area contributed by atoms with E-state index in [2.05, 4.69) is 20.1 Å². The summed E-state index contributed by atoms with van der Waals surface area (Å²) in [5.41, 5.74) is 10.2. The Labute approximate surface area is 224 Å². The normalized spacial score (nSPS) is 14.5. The quantitative estimate of drug-likeness (QED) is 0.288. The van der Waals surface area contributed by atoms with Crippen LogP contribution in [0.5, 0.6) is 0 Å². The van der Waals surface area contributed by atoms with E-state index in [1.165, 1.54) is 0 Å². The fourth-order valence-corrected chi connectivity index (χ4v) is 5.20. The summed E-state index contributed by atoms with van der Waals surface area (Å²) in [6.07, 6.45) is -0.295. The molecule has 3 aromatic heterocycles. The van der Waals surface area contributed by atoms with E-state index < -0.39 is 5.60 Å². The Balaban J connectivity index is 1.43. The lowest BCUT2D eigenvalue weighted by Crippen LogP contribution is -2.50. The summed E-state index contributed by atoms with van der Waals surface area (Å²) in [6.45, 7) is 10.0. The molecule has 1 amide bonds. The minimum absolute atomic E-state index is 0.241. The van der Waals surface area contributed by atoms with Crippen molar-refractivity contribution in [1.82, 2.24) is 25.1 Å². The summed E-state index contributed by atoms with van der Waals surface area (Å²) in [6, 6.07) is 14.0. The number of aromatic nitrogens is 4. The highest BCUT2D eigenvalue weighted by Gasteiger charge is 2.26. The van der Waals surface area contributed by atoms with Crippen LogP contribution in [0, 0.1) is 6.92 Å². The number of carbonyl (C=O) groups is 1. The van der Waals surface area contributed by atoms with Crippen LogP contribution in [0.25, 0.3) is 44.0 Å². The van der Waals surface area contributed by atoms with Crippen molar-refractivity contribution in [3.63, 3.8) is 0 Å². The predicted octanol–water partition coefficient (Wildman–Crippen LogP) is 4.57. The summed E-state index contributed by atoms with van der Waals surface area (Å²) in [7, 11) is 0. The van der Waals surface area contributed by atoms with E-state index in [1.54, 1.807) is 4.90 Å². The van der Waals surface area contributed by atoms with Gasteiger partial charge in [0.1, 0.15) is 5.60 Å². The molecule has 4 N–H and O–H groups in total. The molecule has 0 bridgehead atoms. The van der Waals surface area contributed by atoms with E-state index >= 15 is 0 Å². The van der Waals surface area contributed by atoms with Gasteiger partial charge in [-0.3, -0.25) is 9.89 Å². The average molecular weight is 526 g/mol. The molecule has 1 fully saturated rings. The van der Waals surface area contributed by atoms with Crippen LogP contribution in [-0.2, 0) is 4.74 Å². The number of H-pyrrole nitrogens is 2. The number of nitrogens with one attached hydrogen (secondary N) is 2. The molecular weight excluding hydrogens is 494 g/mol. The van der Waals surface area contributed by atoms with Crippen molar-refractivity contribution < 1.29 is 9.53 Å². The fourth-order valence-electron chi connectivity index (χ4n) is 5.20. The van der Waals surface area contributed by atoms with Crippen LogP contribution in [0.4, 0.5) is 16.3 Å². The van der Waals surface area contributed by atoms with Gasteiger partial charge in [-0.15, -0.1) is 0 Å². The van der Waals surface area contributed by atoms with Crippen molar-refractivity contribution in [2.24, 2.45) is 0 Å². The van der Waals surface area contributed by atoms with Gasteiger partial charge in [0.05, 0.1) is 22.0 Å². The Morgan fingerprint density at radius 3 is 2.41 bits per heavy atom. The predicted molar refractivity (Wildman–Crippen MR) is 154 cm³/mol. The number of fused-ring (bicyclic) bond motifs is 5. The molecule has 6 rings (SSSR count). The smallest absolute Gasteiger partial charge is 0.410 e. The second-order valence-corrected chi connectivity index (χ2v) is 11.0. The SMILES string of the molecule is Cc1ccc(-c2nc3[nH]nc(N)c3c3c2c(=O)[nH]c2cc(N4CCN(C(=O)OC(C)(C)C)CC4)ccc23)cc1. The zero-order chi connectivity index (χ0) is 27.5. The number of piperazine rings is 1. The first-order valence-electron chi connectivity index (χ1n) is 13.0. The molecule has 10 nitrogen and oxygen atoms in total. The molecule has 200 valence electrons. The summed E-state index contributed by atoms with van der Waals surface area (Å²) >= 11 is 0. The maximum absolute atomic E-state index is 13.6. The number of amides is 1. The van der Waals surface area contributed by atoms with Crippen LogP contribution in [0.1, 0.15) is 26.3 Å². The molecule has 0 aliphatic carbocycles. The summed E-state index contributed by atoms with van der Waals surface area (Å²) in [5, 5.41) is 9.81. The molecule has 0 spiro atoms. The number of hydrogen-bond donors (Lipinski definition) is 3. The third kappa shape index (κ3) is 4.41. The van der Waals surface area contributed by atoms with Crippen LogP contribution >= 0.6 is 0 Å². The van der Waals surface area contributed by atoms with Crippen molar-refractivity contribution in [3.05, 3.63) is 58.4 Å². The molecule has 1 aliphatic rings. The van der Waals surface area contributed by atoms with Gasteiger partial charge >= 0.3 is 6.09 Å². The van der Waals surface area contributed by atoms with Gasteiger partial charge in [0, 0.05) is 48.2 Å². The number of nitrogen functional groups attached to an aromatic ring is 1. The first kappa shape index (κ1) is 24.7. The van der Waals surface area contributed by atoms with Crippen LogP contribution in [-0.4, -0.2) is 62.9 Å². The van der Waals surface area contributed by atoms with Crippen molar-refractivity contribution in [2.75, 3.05) is 36.8 Å². The van der Waals surface area contributed by atoms with E-state index in [9.17, 15) is 9.59 Å². The van der Waals surface area contributed by atoms with E-state index in [0.29, 0.717) is 59.6 Å². The van der Waals surface area contributed by atoms with E-state index in [4.69, 9.17) is 15.5 Å². The lowest BCUT2D eigenvalue weighted by molar-refractivity contribution is 0.0240. The minimum atomic E-state index is -0.528. The Morgan fingerprint density at radius 2 is 1.72 bits per heavy atom. The number of pyridine rings is 2. The summed E-state index contributed by atoms with van der Waals surface area (Å²) < 4.78 is 5.52. The summed E-state index contributed by atoms with van der Waals surface area (Å²) in [4.78, 5) is 37.9. The third-order valence-corrected chi connectivity index (χ3v) is 7.10. The van der Waals surface area contributed by atoms with Gasteiger partial charge in [0.25, 0.3) is 5.56 Å². The molecule has 4 heterocycles. The number of carbonyl (C=O) groups excluding carboxylic acids is 1. The number of aromatic amines is 2. The molecule has 1 saturated heterocycles. The zero-order valence-electron chi connectivity index (χ0n) is 22.5. The first-order chi connectivity index (χ1) is 18.6. The number of nitrogens with zero attached hydrogens (tertiary/aromatic N) is 4. The summed E-state index contributed by atoms with van der Waals surface area (Å²) in [5.74, 6) is 0.298. The Bertz CT molecular complexity index is 1790. The van der Waals surface area contributed by atoms with Gasteiger partial charge in [-0.05, 0) is 39.8 Å². The Morgan fingerprint density at radius 1 is 1.00 bits per heavy atom. The highest BCUT2D eigenvalue weighted by Crippen LogP contribution is 2.37. The second kappa shape index (κ2) is 9.00. The van der Waals surface area contributed by atoms with Crippen molar-refractivity contribution >= 4 is 50.3 Å². The molecular formula is C29H31N7O3. The lowest BCUT2D eigenvalue weighted by Gasteiger charge is -2.36. The van der Waals surface area contributed by atoms with E-state index in [1.807, 2.05) is 70.2 Å². The maximum atomic E-state index is 13.6. The largest absolute Gasteiger partial charge is 0.444 e. The molecule has 5 aromatic rings. The number of hydrogen-bond acceptors (Lipinski definition) is 7. The fraction of sp³-hybridized carbons (Fsp3) is 0.310. The van der Waals surface area contributed by atoms with Gasteiger partial charge in [-0.25, -0.2) is 9.78 Å². The number of rotatable bonds is 2. The third-order valence-electron chi connectivity index (χ3n) is 7.10. The second-order valence-electron chi connectivity index (χ2n) is 11.0. The average Bonchev–Trinajstić information content (AvgIpc) is 3.27. The van der Waals surface area contributed by atoms with Crippen molar-refractivity contribution in [2.45, 2.75) is 33.3 Å². The minimum Gasteiger partial charge on any atom is -0.444 e. The van der Waals surface area contributed by atoms with E-state index in [-0.39, 0.29) is 11.7 Å². The van der Waals surface area contributed by atoms with Crippen LogP contribution in [0.2, 0.25) is 0 Å². The Kier molecular flexibility index (Phi) is 5.71. The molecule has 39 heavy (non-hydrogen) atoms. The molecule has 0 unspecified atom stereocenters. The van der Waals surface area contributed by atoms with Crippen molar-refractivity contribution in [3.8, 4) is 11.3 Å².